The van der Waals surface area contributed by atoms with Crippen molar-refractivity contribution in [1.29, 1.82) is 0 Å². The molecule has 1 unspecified atom stereocenters. The van der Waals surface area contributed by atoms with Crippen LogP contribution in [-0.2, 0) is 13.5 Å². The third-order valence-electron chi connectivity index (χ3n) is 4.78. The Bertz CT molecular complexity index is 1130. The van der Waals surface area contributed by atoms with Crippen molar-refractivity contribution in [2.75, 3.05) is 0 Å². The van der Waals surface area contributed by atoms with Crippen LogP contribution < -0.4 is 11.2 Å². The van der Waals surface area contributed by atoms with Gasteiger partial charge in [-0.05, 0) is 31.5 Å². The number of benzene rings is 1. The molecule has 0 aliphatic carbocycles. The summed E-state index contributed by atoms with van der Waals surface area (Å²) < 4.78 is 4.45. The molecule has 0 saturated heterocycles. The summed E-state index contributed by atoms with van der Waals surface area (Å²) in [5.74, 6) is 0.771. The Labute approximate surface area is 167 Å². The van der Waals surface area contributed by atoms with Crippen LogP contribution >= 0.6 is 23.2 Å². The first-order valence-corrected chi connectivity index (χ1v) is 9.75. The largest absolute Gasteiger partial charge is 0.337 e. The zero-order valence-electron chi connectivity index (χ0n) is 15.8. The van der Waals surface area contributed by atoms with Gasteiger partial charge in [0, 0.05) is 24.5 Å². The predicted molar refractivity (Wildman–Crippen MR) is 110 cm³/mol. The summed E-state index contributed by atoms with van der Waals surface area (Å²) in [6.07, 6.45) is 2.53. The van der Waals surface area contributed by atoms with Gasteiger partial charge in [-0.1, -0.05) is 43.5 Å². The minimum absolute atomic E-state index is 0.0919. The Morgan fingerprint density at radius 2 is 1.89 bits per heavy atom. The molecule has 0 spiro atoms. The monoisotopic (exact) mass is 408 g/mol. The molecule has 144 valence electrons. The second kappa shape index (κ2) is 7.52. The summed E-state index contributed by atoms with van der Waals surface area (Å²) in [6, 6.07) is 4.98. The van der Waals surface area contributed by atoms with E-state index in [0.717, 1.165) is 23.2 Å². The van der Waals surface area contributed by atoms with Gasteiger partial charge in [0.2, 0.25) is 0 Å². The van der Waals surface area contributed by atoms with Crippen molar-refractivity contribution in [1.82, 2.24) is 18.7 Å². The number of hydrogen-bond acceptors (Lipinski definition) is 3. The molecule has 0 amide bonds. The van der Waals surface area contributed by atoms with Gasteiger partial charge < -0.3 is 4.57 Å². The van der Waals surface area contributed by atoms with Crippen LogP contribution in [0.25, 0.3) is 16.9 Å². The highest BCUT2D eigenvalue weighted by atomic mass is 35.5. The Morgan fingerprint density at radius 1 is 1.19 bits per heavy atom. The van der Waals surface area contributed by atoms with Gasteiger partial charge in [0.1, 0.15) is 5.82 Å². The third-order valence-corrected chi connectivity index (χ3v) is 5.31. The molecule has 0 N–H and O–H groups in total. The van der Waals surface area contributed by atoms with Crippen molar-refractivity contribution in [3.05, 3.63) is 54.9 Å². The standard InChI is InChI=1S/C19H22Cl2N4O2/c1-5-7-11(3)24-15(6-2)22-17-16(24)18(26)23(4)19(27)25(17)14-9-8-12(20)10-13(14)21/h8-11H,5-7H2,1-4H3. The van der Waals surface area contributed by atoms with E-state index >= 15 is 0 Å². The molecule has 0 radical (unpaired) electrons. The second-order valence-electron chi connectivity index (χ2n) is 6.64. The lowest BCUT2D eigenvalue weighted by Gasteiger charge is -2.17. The smallest absolute Gasteiger partial charge is 0.319 e. The van der Waals surface area contributed by atoms with E-state index in [1.807, 2.05) is 11.5 Å². The highest BCUT2D eigenvalue weighted by Crippen LogP contribution is 2.27. The summed E-state index contributed by atoms with van der Waals surface area (Å²) >= 11 is 12.4. The first-order chi connectivity index (χ1) is 12.8. The number of imidazole rings is 1. The van der Waals surface area contributed by atoms with E-state index in [2.05, 4.69) is 18.8 Å². The quantitative estimate of drug-likeness (QED) is 0.637. The van der Waals surface area contributed by atoms with E-state index in [1.165, 1.54) is 11.6 Å². The minimum atomic E-state index is -0.493. The van der Waals surface area contributed by atoms with Crippen LogP contribution in [0, 0.1) is 0 Å². The molecule has 3 aromatic rings. The van der Waals surface area contributed by atoms with Crippen molar-refractivity contribution >= 4 is 34.4 Å². The van der Waals surface area contributed by atoms with E-state index in [9.17, 15) is 9.59 Å². The van der Waals surface area contributed by atoms with Gasteiger partial charge in [-0.2, -0.15) is 0 Å². The fourth-order valence-corrected chi connectivity index (χ4v) is 3.95. The normalized spacial score (nSPS) is 12.7. The van der Waals surface area contributed by atoms with Crippen LogP contribution in [0.4, 0.5) is 0 Å². The lowest BCUT2D eigenvalue weighted by Crippen LogP contribution is -2.38. The van der Waals surface area contributed by atoms with Crippen molar-refractivity contribution < 1.29 is 0 Å². The number of rotatable bonds is 5. The molecule has 3 rings (SSSR count). The third kappa shape index (κ3) is 3.21. The van der Waals surface area contributed by atoms with Crippen molar-refractivity contribution in [3.8, 4) is 5.69 Å². The van der Waals surface area contributed by atoms with E-state index in [4.69, 9.17) is 23.2 Å². The first-order valence-electron chi connectivity index (χ1n) is 9.00. The van der Waals surface area contributed by atoms with Gasteiger partial charge >= 0.3 is 5.69 Å². The second-order valence-corrected chi connectivity index (χ2v) is 7.48. The van der Waals surface area contributed by atoms with Gasteiger partial charge in [-0.15, -0.1) is 0 Å². The van der Waals surface area contributed by atoms with Crippen molar-refractivity contribution in [2.45, 2.75) is 46.1 Å². The lowest BCUT2D eigenvalue weighted by molar-refractivity contribution is 0.494. The molecular formula is C19H22Cl2N4O2. The molecule has 0 aliphatic heterocycles. The number of fused-ring (bicyclic) bond motifs is 1. The zero-order chi connectivity index (χ0) is 19.9. The van der Waals surface area contributed by atoms with E-state index in [1.54, 1.807) is 18.2 Å². The Balaban J connectivity index is 2.49. The first kappa shape index (κ1) is 19.7. The number of halogens is 2. The average molecular weight is 409 g/mol. The minimum Gasteiger partial charge on any atom is -0.319 e. The Morgan fingerprint density at radius 3 is 2.48 bits per heavy atom. The van der Waals surface area contributed by atoms with E-state index in [0.29, 0.717) is 33.3 Å². The summed E-state index contributed by atoms with van der Waals surface area (Å²) in [5, 5.41) is 0.785. The SMILES string of the molecule is CCCC(C)n1c(CC)nc2c1c(=O)n(C)c(=O)n2-c1ccc(Cl)cc1Cl. The van der Waals surface area contributed by atoms with Gasteiger partial charge in [0.25, 0.3) is 5.56 Å². The molecule has 6 nitrogen and oxygen atoms in total. The maximum atomic E-state index is 13.0. The summed E-state index contributed by atoms with van der Waals surface area (Å²) in [6.45, 7) is 6.15. The van der Waals surface area contributed by atoms with Crippen molar-refractivity contribution in [2.24, 2.45) is 7.05 Å². The molecule has 0 bridgehead atoms. The number of aromatic nitrogens is 4. The predicted octanol–water partition coefficient (Wildman–Crippen LogP) is 4.12. The van der Waals surface area contributed by atoms with Crippen LogP contribution in [0.15, 0.2) is 27.8 Å². The highest BCUT2D eigenvalue weighted by molar-refractivity contribution is 6.35. The molecule has 0 fully saturated rings. The highest BCUT2D eigenvalue weighted by Gasteiger charge is 2.23. The summed E-state index contributed by atoms with van der Waals surface area (Å²) in [5.41, 5.74) is 0.341. The molecule has 1 aromatic carbocycles. The number of nitrogens with zero attached hydrogens (tertiary/aromatic N) is 4. The van der Waals surface area contributed by atoms with E-state index < -0.39 is 5.69 Å². The molecule has 0 saturated carbocycles. The van der Waals surface area contributed by atoms with Gasteiger partial charge in [-0.25, -0.2) is 14.3 Å². The topological polar surface area (TPSA) is 61.8 Å². The van der Waals surface area contributed by atoms with E-state index in [-0.39, 0.29) is 11.6 Å². The average Bonchev–Trinajstić information content (AvgIpc) is 3.01. The summed E-state index contributed by atoms with van der Waals surface area (Å²) in [4.78, 5) is 30.6. The molecular weight excluding hydrogens is 387 g/mol. The Hall–Kier alpha value is -2.05. The lowest BCUT2D eigenvalue weighted by atomic mass is 10.2. The maximum Gasteiger partial charge on any atom is 0.337 e. The molecule has 27 heavy (non-hydrogen) atoms. The molecule has 1 atom stereocenters. The molecule has 0 aliphatic rings. The van der Waals surface area contributed by atoms with Crippen LogP contribution in [0.2, 0.25) is 10.0 Å². The van der Waals surface area contributed by atoms with Gasteiger partial charge in [-0.3, -0.25) is 9.36 Å². The van der Waals surface area contributed by atoms with Gasteiger partial charge in [0.15, 0.2) is 11.2 Å². The fourth-order valence-electron chi connectivity index (χ4n) is 3.46. The fraction of sp³-hybridized carbons (Fsp3) is 0.421. The van der Waals surface area contributed by atoms with Crippen LogP contribution in [0.3, 0.4) is 0 Å². The molecule has 2 aromatic heterocycles. The molecule has 8 heteroatoms. The molecule has 2 heterocycles. The zero-order valence-corrected chi connectivity index (χ0v) is 17.3. The summed E-state index contributed by atoms with van der Waals surface area (Å²) in [7, 11) is 1.47. The Kier molecular flexibility index (Phi) is 5.49. The van der Waals surface area contributed by atoms with Crippen LogP contribution in [0.1, 0.15) is 45.5 Å². The number of hydrogen-bond donors (Lipinski definition) is 0. The number of aryl methyl sites for hydroxylation is 1. The maximum absolute atomic E-state index is 13.0. The van der Waals surface area contributed by atoms with Crippen LogP contribution in [-0.4, -0.2) is 18.7 Å². The van der Waals surface area contributed by atoms with Crippen molar-refractivity contribution in [3.63, 3.8) is 0 Å². The van der Waals surface area contributed by atoms with Crippen LogP contribution in [0.5, 0.6) is 0 Å². The van der Waals surface area contributed by atoms with Gasteiger partial charge in [0.05, 0.1) is 10.7 Å².